The summed E-state index contributed by atoms with van der Waals surface area (Å²) in [5.74, 6) is -0.0165. The van der Waals surface area contributed by atoms with E-state index in [0.717, 1.165) is 41.8 Å². The standard InChI is InChI=1S/C26H35N3O5S/c1-4-24(26(31)27-21-12-8-9-13-21)28(18-20-11-10-16-23(17-20)34-2)25(30)19-29(35(3,32)33)22-14-6-5-7-15-22/h5-7,10-11,14-17,21,24H,4,8-9,12-13,18-19H2,1-3H3,(H,27,31)/t24-/m0/s1. The Hall–Kier alpha value is -3.07. The van der Waals surface area contributed by atoms with E-state index in [1.165, 1.54) is 4.90 Å². The molecule has 8 nitrogen and oxygen atoms in total. The molecule has 35 heavy (non-hydrogen) atoms. The van der Waals surface area contributed by atoms with Crippen molar-refractivity contribution in [3.8, 4) is 5.75 Å². The molecule has 1 aliphatic carbocycles. The zero-order valence-electron chi connectivity index (χ0n) is 20.6. The zero-order chi connectivity index (χ0) is 25.4. The Morgan fingerprint density at radius 3 is 2.37 bits per heavy atom. The molecule has 1 atom stereocenters. The van der Waals surface area contributed by atoms with Crippen molar-refractivity contribution in [3.05, 3.63) is 60.2 Å². The molecule has 0 bridgehead atoms. The molecule has 0 aromatic heterocycles. The normalized spacial score (nSPS) is 14.8. The summed E-state index contributed by atoms with van der Waals surface area (Å²) in [5, 5.41) is 3.10. The van der Waals surface area contributed by atoms with Crippen molar-refractivity contribution in [2.24, 2.45) is 0 Å². The molecule has 190 valence electrons. The fraction of sp³-hybridized carbons (Fsp3) is 0.462. The number of hydrogen-bond donors (Lipinski definition) is 1. The highest BCUT2D eigenvalue weighted by Crippen LogP contribution is 2.22. The third kappa shape index (κ3) is 7.21. The summed E-state index contributed by atoms with van der Waals surface area (Å²) in [6.07, 6.45) is 5.50. The highest BCUT2D eigenvalue weighted by molar-refractivity contribution is 7.92. The second kappa shape index (κ2) is 12.1. The number of methoxy groups -OCH3 is 1. The van der Waals surface area contributed by atoms with Crippen LogP contribution in [0.25, 0.3) is 0 Å². The molecular weight excluding hydrogens is 466 g/mol. The number of carbonyl (C=O) groups excluding carboxylic acids is 2. The second-order valence-corrected chi connectivity index (χ2v) is 10.8. The molecule has 2 aromatic rings. The monoisotopic (exact) mass is 501 g/mol. The maximum atomic E-state index is 13.7. The van der Waals surface area contributed by atoms with E-state index in [1.54, 1.807) is 43.5 Å². The number of rotatable bonds is 11. The summed E-state index contributed by atoms with van der Waals surface area (Å²) in [6, 6.07) is 15.2. The van der Waals surface area contributed by atoms with Crippen LogP contribution in [-0.4, -0.2) is 57.1 Å². The van der Waals surface area contributed by atoms with E-state index in [4.69, 9.17) is 4.74 Å². The Kier molecular flexibility index (Phi) is 9.14. The van der Waals surface area contributed by atoms with Crippen LogP contribution in [0.3, 0.4) is 0 Å². The van der Waals surface area contributed by atoms with Gasteiger partial charge in [-0.15, -0.1) is 0 Å². The molecule has 1 aliphatic rings. The van der Waals surface area contributed by atoms with E-state index >= 15 is 0 Å². The van der Waals surface area contributed by atoms with Gasteiger partial charge in [-0.05, 0) is 49.1 Å². The lowest BCUT2D eigenvalue weighted by molar-refractivity contribution is -0.140. The molecule has 9 heteroatoms. The summed E-state index contributed by atoms with van der Waals surface area (Å²) < 4.78 is 31.6. The lowest BCUT2D eigenvalue weighted by Crippen LogP contribution is -2.53. The van der Waals surface area contributed by atoms with Gasteiger partial charge < -0.3 is 15.0 Å². The van der Waals surface area contributed by atoms with Gasteiger partial charge in [0, 0.05) is 12.6 Å². The molecule has 1 N–H and O–H groups in total. The minimum atomic E-state index is -3.74. The fourth-order valence-corrected chi connectivity index (χ4v) is 5.31. The van der Waals surface area contributed by atoms with Gasteiger partial charge in [-0.2, -0.15) is 0 Å². The van der Waals surface area contributed by atoms with E-state index < -0.39 is 28.5 Å². The van der Waals surface area contributed by atoms with Crippen LogP contribution in [0.1, 0.15) is 44.6 Å². The van der Waals surface area contributed by atoms with Gasteiger partial charge in [0.15, 0.2) is 0 Å². The molecule has 2 aromatic carbocycles. The zero-order valence-corrected chi connectivity index (χ0v) is 21.5. The van der Waals surface area contributed by atoms with Crippen LogP contribution >= 0.6 is 0 Å². The molecule has 0 saturated heterocycles. The molecule has 1 saturated carbocycles. The van der Waals surface area contributed by atoms with E-state index in [0.29, 0.717) is 17.9 Å². The van der Waals surface area contributed by atoms with Gasteiger partial charge in [0.25, 0.3) is 0 Å². The Labute approximate surface area is 208 Å². The highest BCUT2D eigenvalue weighted by Gasteiger charge is 2.33. The summed E-state index contributed by atoms with van der Waals surface area (Å²) in [6.45, 7) is 1.61. The van der Waals surface area contributed by atoms with E-state index in [1.807, 2.05) is 25.1 Å². The first kappa shape index (κ1) is 26.5. The second-order valence-electron chi connectivity index (χ2n) is 8.89. The highest BCUT2D eigenvalue weighted by atomic mass is 32.2. The van der Waals surface area contributed by atoms with Crippen LogP contribution in [0.2, 0.25) is 0 Å². The van der Waals surface area contributed by atoms with Crippen molar-refractivity contribution >= 4 is 27.5 Å². The number of sulfonamides is 1. The Morgan fingerprint density at radius 2 is 1.77 bits per heavy atom. The van der Waals surface area contributed by atoms with Gasteiger partial charge in [-0.25, -0.2) is 8.42 Å². The number of nitrogens with zero attached hydrogens (tertiary/aromatic N) is 2. The number of para-hydroxylation sites is 1. The van der Waals surface area contributed by atoms with Crippen molar-refractivity contribution in [1.82, 2.24) is 10.2 Å². The summed E-state index contributed by atoms with van der Waals surface area (Å²) >= 11 is 0. The largest absolute Gasteiger partial charge is 0.497 e. The molecular formula is C26H35N3O5S. The quantitative estimate of drug-likeness (QED) is 0.510. The van der Waals surface area contributed by atoms with Gasteiger partial charge in [0.05, 0.1) is 19.1 Å². The van der Waals surface area contributed by atoms with Crippen LogP contribution in [0.4, 0.5) is 5.69 Å². The molecule has 2 amide bonds. The van der Waals surface area contributed by atoms with Crippen LogP contribution in [-0.2, 0) is 26.2 Å². The predicted octanol–water partition coefficient (Wildman–Crippen LogP) is 3.33. The van der Waals surface area contributed by atoms with Gasteiger partial charge >= 0.3 is 0 Å². The predicted molar refractivity (Wildman–Crippen MR) is 137 cm³/mol. The lowest BCUT2D eigenvalue weighted by atomic mass is 10.1. The summed E-state index contributed by atoms with van der Waals surface area (Å²) in [7, 11) is -2.17. The van der Waals surface area contributed by atoms with E-state index in [-0.39, 0.29) is 18.5 Å². The lowest BCUT2D eigenvalue weighted by Gasteiger charge is -2.33. The summed E-state index contributed by atoms with van der Waals surface area (Å²) in [5.41, 5.74) is 1.18. The number of amides is 2. The number of carbonyl (C=O) groups is 2. The average Bonchev–Trinajstić information content (AvgIpc) is 3.35. The van der Waals surface area contributed by atoms with E-state index in [2.05, 4.69) is 5.32 Å². The van der Waals surface area contributed by atoms with Crippen molar-refractivity contribution in [2.45, 2.75) is 57.7 Å². The molecule has 0 unspecified atom stereocenters. The third-order valence-corrected chi connectivity index (χ3v) is 7.44. The molecule has 0 aliphatic heterocycles. The first-order valence-electron chi connectivity index (χ1n) is 12.0. The molecule has 0 radical (unpaired) electrons. The van der Waals surface area contributed by atoms with E-state index in [9.17, 15) is 18.0 Å². The smallest absolute Gasteiger partial charge is 0.244 e. The molecule has 0 heterocycles. The topological polar surface area (TPSA) is 96.0 Å². The van der Waals surface area contributed by atoms with Gasteiger partial charge in [-0.1, -0.05) is 50.1 Å². The van der Waals surface area contributed by atoms with Crippen molar-refractivity contribution in [1.29, 1.82) is 0 Å². The van der Waals surface area contributed by atoms with Crippen LogP contribution in [0, 0.1) is 0 Å². The minimum Gasteiger partial charge on any atom is -0.497 e. The number of hydrogen-bond acceptors (Lipinski definition) is 5. The maximum absolute atomic E-state index is 13.7. The summed E-state index contributed by atoms with van der Waals surface area (Å²) in [4.78, 5) is 28.4. The SMILES string of the molecule is CC[C@@H](C(=O)NC1CCCC1)N(Cc1cccc(OC)c1)C(=O)CN(c1ccccc1)S(C)(=O)=O. The number of anilines is 1. The van der Waals surface area contributed by atoms with Gasteiger partial charge in [-0.3, -0.25) is 13.9 Å². The first-order chi connectivity index (χ1) is 16.7. The molecule has 0 spiro atoms. The molecule has 3 rings (SSSR count). The Bertz CT molecular complexity index is 1100. The number of ether oxygens (including phenoxy) is 1. The van der Waals surface area contributed by atoms with Gasteiger partial charge in [0.2, 0.25) is 21.8 Å². The Morgan fingerprint density at radius 1 is 1.09 bits per heavy atom. The van der Waals surface area contributed by atoms with Crippen molar-refractivity contribution in [2.75, 3.05) is 24.2 Å². The number of nitrogens with one attached hydrogen (secondary N) is 1. The molecule has 1 fully saturated rings. The van der Waals surface area contributed by atoms with Gasteiger partial charge in [0.1, 0.15) is 18.3 Å². The van der Waals surface area contributed by atoms with Crippen LogP contribution in [0.15, 0.2) is 54.6 Å². The van der Waals surface area contributed by atoms with Crippen LogP contribution < -0.4 is 14.4 Å². The van der Waals surface area contributed by atoms with Crippen molar-refractivity contribution in [3.63, 3.8) is 0 Å². The average molecular weight is 502 g/mol. The van der Waals surface area contributed by atoms with Crippen molar-refractivity contribution < 1.29 is 22.7 Å². The fourth-order valence-electron chi connectivity index (χ4n) is 4.46. The minimum absolute atomic E-state index is 0.113. The third-order valence-electron chi connectivity index (χ3n) is 6.30. The first-order valence-corrected chi connectivity index (χ1v) is 13.8. The number of benzene rings is 2. The maximum Gasteiger partial charge on any atom is 0.244 e. The Balaban J connectivity index is 1.91. The van der Waals surface area contributed by atoms with Crippen LogP contribution in [0.5, 0.6) is 5.75 Å².